The minimum Gasteiger partial charge on any atom is -0.494 e. The zero-order chi connectivity index (χ0) is 18.9. The molecule has 1 saturated heterocycles. The average Bonchev–Trinajstić information content (AvgIpc) is 2.70. The highest BCUT2D eigenvalue weighted by Gasteiger charge is 2.20. The molecule has 1 aliphatic heterocycles. The number of hydrogen-bond donors (Lipinski definition) is 1. The van der Waals surface area contributed by atoms with Crippen LogP contribution in [0.5, 0.6) is 5.75 Å². The second-order valence-electron chi connectivity index (χ2n) is 7.00. The summed E-state index contributed by atoms with van der Waals surface area (Å²) < 4.78 is 5.69. The van der Waals surface area contributed by atoms with Crippen LogP contribution in [0.25, 0.3) is 0 Å². The Kier molecular flexibility index (Phi) is 7.11. The van der Waals surface area contributed by atoms with Crippen molar-refractivity contribution in [2.75, 3.05) is 39.3 Å². The van der Waals surface area contributed by atoms with Crippen molar-refractivity contribution in [2.45, 2.75) is 19.9 Å². The lowest BCUT2D eigenvalue weighted by molar-refractivity contribution is 0.135. The molecule has 0 bridgehead atoms. The van der Waals surface area contributed by atoms with E-state index in [1.807, 2.05) is 35.2 Å². The lowest BCUT2D eigenvalue weighted by Gasteiger charge is -2.34. The first kappa shape index (κ1) is 19.2. The first-order valence-electron chi connectivity index (χ1n) is 9.69. The number of amides is 2. The van der Waals surface area contributed by atoms with Crippen LogP contribution in [-0.4, -0.2) is 55.2 Å². The number of ether oxygens (including phenoxy) is 1. The molecular formula is C22H29N3O2. The van der Waals surface area contributed by atoms with Crippen molar-refractivity contribution in [3.8, 4) is 5.75 Å². The van der Waals surface area contributed by atoms with E-state index in [1.165, 1.54) is 11.1 Å². The molecule has 0 radical (unpaired) electrons. The number of rotatable bonds is 7. The van der Waals surface area contributed by atoms with Crippen LogP contribution in [-0.2, 0) is 6.54 Å². The summed E-state index contributed by atoms with van der Waals surface area (Å²) in [7, 11) is 0. The van der Waals surface area contributed by atoms with Crippen molar-refractivity contribution in [1.82, 2.24) is 15.1 Å². The number of urea groups is 1. The van der Waals surface area contributed by atoms with Gasteiger partial charge in [-0.15, -0.1) is 0 Å². The van der Waals surface area contributed by atoms with E-state index in [0.29, 0.717) is 13.2 Å². The number of nitrogens with one attached hydrogen (secondary N) is 1. The van der Waals surface area contributed by atoms with Crippen molar-refractivity contribution < 1.29 is 9.53 Å². The monoisotopic (exact) mass is 367 g/mol. The quantitative estimate of drug-likeness (QED) is 0.764. The Hall–Kier alpha value is -2.53. The molecule has 0 saturated carbocycles. The molecule has 1 aliphatic rings. The molecule has 5 nitrogen and oxygen atoms in total. The smallest absolute Gasteiger partial charge is 0.317 e. The lowest BCUT2D eigenvalue weighted by Crippen LogP contribution is -2.51. The summed E-state index contributed by atoms with van der Waals surface area (Å²) in [5.74, 6) is 0.876. The van der Waals surface area contributed by atoms with Gasteiger partial charge < -0.3 is 15.0 Å². The van der Waals surface area contributed by atoms with Crippen molar-refractivity contribution >= 4 is 6.03 Å². The third kappa shape index (κ3) is 6.29. The molecule has 0 aromatic heterocycles. The summed E-state index contributed by atoms with van der Waals surface area (Å²) in [4.78, 5) is 16.6. The molecule has 0 spiro atoms. The van der Waals surface area contributed by atoms with Gasteiger partial charge in [0.2, 0.25) is 0 Å². The number of piperazine rings is 1. The highest BCUT2D eigenvalue weighted by molar-refractivity contribution is 5.74. The molecule has 1 N–H and O–H groups in total. The minimum atomic E-state index is 0.0321. The Labute approximate surface area is 161 Å². The topological polar surface area (TPSA) is 44.8 Å². The fourth-order valence-corrected chi connectivity index (χ4v) is 3.15. The number of aryl methyl sites for hydroxylation is 1. The summed E-state index contributed by atoms with van der Waals surface area (Å²) in [5, 5.41) is 3.00. The van der Waals surface area contributed by atoms with Gasteiger partial charge in [-0.3, -0.25) is 4.90 Å². The van der Waals surface area contributed by atoms with Gasteiger partial charge in [0, 0.05) is 39.3 Å². The van der Waals surface area contributed by atoms with E-state index >= 15 is 0 Å². The highest BCUT2D eigenvalue weighted by atomic mass is 16.5. The highest BCUT2D eigenvalue weighted by Crippen LogP contribution is 2.11. The standard InChI is InChI=1S/C22H29N3O2/c1-19-8-10-21(11-9-19)27-17-5-12-23-22(26)25-15-13-24(14-16-25)18-20-6-3-2-4-7-20/h2-4,6-11H,5,12-18H2,1H3,(H,23,26). The first-order chi connectivity index (χ1) is 13.2. The van der Waals surface area contributed by atoms with E-state index in [-0.39, 0.29) is 6.03 Å². The van der Waals surface area contributed by atoms with Crippen LogP contribution in [0.1, 0.15) is 17.5 Å². The molecular weight excluding hydrogens is 338 g/mol. The molecule has 0 atom stereocenters. The summed E-state index contributed by atoms with van der Waals surface area (Å²) >= 11 is 0. The van der Waals surface area contributed by atoms with E-state index < -0.39 is 0 Å². The Morgan fingerprint density at radius 3 is 2.41 bits per heavy atom. The maximum atomic E-state index is 12.3. The van der Waals surface area contributed by atoms with Gasteiger partial charge in [0.05, 0.1) is 6.61 Å². The predicted octanol–water partition coefficient (Wildman–Crippen LogP) is 3.29. The fraction of sp³-hybridized carbons (Fsp3) is 0.409. The molecule has 0 aliphatic carbocycles. The van der Waals surface area contributed by atoms with Crippen LogP contribution in [0.2, 0.25) is 0 Å². The van der Waals surface area contributed by atoms with Gasteiger partial charge in [-0.05, 0) is 31.0 Å². The number of hydrogen-bond acceptors (Lipinski definition) is 3. The summed E-state index contributed by atoms with van der Waals surface area (Å²) in [6, 6.07) is 18.5. The molecule has 2 aromatic rings. The van der Waals surface area contributed by atoms with Gasteiger partial charge in [-0.1, -0.05) is 48.0 Å². The number of carbonyl (C=O) groups is 1. The maximum Gasteiger partial charge on any atom is 0.317 e. The van der Waals surface area contributed by atoms with Gasteiger partial charge in [-0.25, -0.2) is 4.79 Å². The average molecular weight is 367 g/mol. The first-order valence-corrected chi connectivity index (χ1v) is 9.69. The fourth-order valence-electron chi connectivity index (χ4n) is 3.15. The lowest BCUT2D eigenvalue weighted by atomic mass is 10.2. The summed E-state index contributed by atoms with van der Waals surface area (Å²) in [5.41, 5.74) is 2.54. The van der Waals surface area contributed by atoms with Crippen LogP contribution >= 0.6 is 0 Å². The van der Waals surface area contributed by atoms with Gasteiger partial charge in [0.15, 0.2) is 0 Å². The van der Waals surface area contributed by atoms with Gasteiger partial charge in [0.1, 0.15) is 5.75 Å². The SMILES string of the molecule is Cc1ccc(OCCCNC(=O)N2CCN(Cc3ccccc3)CC2)cc1. The maximum absolute atomic E-state index is 12.3. The Balaban J connectivity index is 1.28. The largest absolute Gasteiger partial charge is 0.494 e. The Morgan fingerprint density at radius 2 is 1.70 bits per heavy atom. The summed E-state index contributed by atoms with van der Waals surface area (Å²) in [6.07, 6.45) is 0.799. The normalized spacial score (nSPS) is 14.8. The molecule has 144 valence electrons. The van der Waals surface area contributed by atoms with E-state index in [4.69, 9.17) is 4.74 Å². The van der Waals surface area contributed by atoms with Crippen molar-refractivity contribution in [3.05, 3.63) is 65.7 Å². The van der Waals surface area contributed by atoms with Crippen LogP contribution < -0.4 is 10.1 Å². The predicted molar refractivity (Wildman–Crippen MR) is 108 cm³/mol. The molecule has 5 heteroatoms. The summed E-state index contributed by atoms with van der Waals surface area (Å²) in [6.45, 7) is 7.63. The third-order valence-corrected chi connectivity index (χ3v) is 4.80. The Morgan fingerprint density at radius 1 is 1.00 bits per heavy atom. The second-order valence-corrected chi connectivity index (χ2v) is 7.00. The molecule has 27 heavy (non-hydrogen) atoms. The molecule has 2 amide bonds. The van der Waals surface area contributed by atoms with Crippen LogP contribution in [0.4, 0.5) is 4.79 Å². The van der Waals surface area contributed by atoms with Gasteiger partial charge in [0.25, 0.3) is 0 Å². The zero-order valence-electron chi connectivity index (χ0n) is 16.1. The van der Waals surface area contributed by atoms with Crippen LogP contribution in [0.15, 0.2) is 54.6 Å². The second kappa shape index (κ2) is 9.97. The van der Waals surface area contributed by atoms with Crippen molar-refractivity contribution in [2.24, 2.45) is 0 Å². The zero-order valence-corrected chi connectivity index (χ0v) is 16.1. The van der Waals surface area contributed by atoms with Crippen LogP contribution in [0.3, 0.4) is 0 Å². The number of benzene rings is 2. The number of carbonyl (C=O) groups excluding carboxylic acids is 1. The molecule has 2 aromatic carbocycles. The third-order valence-electron chi connectivity index (χ3n) is 4.80. The Bertz CT molecular complexity index is 695. The van der Waals surface area contributed by atoms with Gasteiger partial charge in [-0.2, -0.15) is 0 Å². The molecule has 0 unspecified atom stereocenters. The minimum absolute atomic E-state index is 0.0321. The molecule has 1 heterocycles. The van der Waals surface area contributed by atoms with Crippen molar-refractivity contribution in [3.63, 3.8) is 0 Å². The van der Waals surface area contributed by atoms with Gasteiger partial charge >= 0.3 is 6.03 Å². The van der Waals surface area contributed by atoms with Crippen LogP contribution in [0, 0.1) is 6.92 Å². The molecule has 3 rings (SSSR count). The number of nitrogens with zero attached hydrogens (tertiary/aromatic N) is 2. The van der Waals surface area contributed by atoms with E-state index in [1.54, 1.807) is 0 Å². The van der Waals surface area contributed by atoms with E-state index in [2.05, 4.69) is 41.4 Å². The molecule has 1 fully saturated rings. The van der Waals surface area contributed by atoms with E-state index in [0.717, 1.165) is 44.9 Å². The van der Waals surface area contributed by atoms with Crippen molar-refractivity contribution in [1.29, 1.82) is 0 Å². The van der Waals surface area contributed by atoms with E-state index in [9.17, 15) is 4.79 Å².